The van der Waals surface area contributed by atoms with Gasteiger partial charge in [-0.25, -0.2) is 0 Å². The third kappa shape index (κ3) is 2.00. The topological polar surface area (TPSA) is 12.0 Å². The van der Waals surface area contributed by atoms with Gasteiger partial charge in [0.15, 0.2) is 0 Å². The second-order valence-corrected chi connectivity index (χ2v) is 4.44. The van der Waals surface area contributed by atoms with Crippen molar-refractivity contribution in [1.29, 1.82) is 0 Å². The molecule has 0 saturated carbocycles. The molecule has 1 atom stereocenters. The van der Waals surface area contributed by atoms with Crippen molar-refractivity contribution in [2.45, 2.75) is 31.3 Å². The minimum absolute atomic E-state index is 0.689. The zero-order valence-corrected chi connectivity index (χ0v) is 7.57. The maximum absolute atomic E-state index is 3.65. The molecule has 0 amide bonds. The molecule has 1 saturated heterocycles. The lowest BCUT2D eigenvalue weighted by Gasteiger charge is -2.30. The molecule has 0 radical (unpaired) electrons. The molecule has 1 aliphatic carbocycles. The van der Waals surface area contributed by atoms with Crippen LogP contribution < -0.4 is 5.32 Å². The van der Waals surface area contributed by atoms with Crippen molar-refractivity contribution >= 4 is 11.8 Å². The van der Waals surface area contributed by atoms with E-state index in [4.69, 9.17) is 0 Å². The Kier molecular flexibility index (Phi) is 2.54. The van der Waals surface area contributed by atoms with E-state index in [1.54, 1.807) is 0 Å². The first-order chi connectivity index (χ1) is 5.45. The summed E-state index contributed by atoms with van der Waals surface area (Å²) < 4.78 is 0. The highest BCUT2D eigenvalue weighted by Gasteiger charge is 2.20. The van der Waals surface area contributed by atoms with Crippen molar-refractivity contribution in [3.05, 3.63) is 12.2 Å². The average molecular weight is 169 g/mol. The third-order valence-electron chi connectivity index (χ3n) is 2.34. The van der Waals surface area contributed by atoms with Crippen LogP contribution in [0.1, 0.15) is 19.3 Å². The van der Waals surface area contributed by atoms with Crippen LogP contribution in [-0.2, 0) is 0 Å². The van der Waals surface area contributed by atoms with Crippen LogP contribution in [0.25, 0.3) is 0 Å². The molecule has 1 fully saturated rings. The predicted molar refractivity (Wildman–Crippen MR) is 51.0 cm³/mol. The summed E-state index contributed by atoms with van der Waals surface area (Å²) in [6, 6.07) is 1.50. The van der Waals surface area contributed by atoms with E-state index in [0.29, 0.717) is 6.04 Å². The lowest BCUT2D eigenvalue weighted by molar-refractivity contribution is 0.474. The molecule has 1 heterocycles. The van der Waals surface area contributed by atoms with Gasteiger partial charge < -0.3 is 5.32 Å². The van der Waals surface area contributed by atoms with Crippen LogP contribution in [0.2, 0.25) is 0 Å². The molecule has 1 nitrogen and oxygen atoms in total. The van der Waals surface area contributed by atoms with Gasteiger partial charge in [-0.2, -0.15) is 11.8 Å². The van der Waals surface area contributed by atoms with E-state index in [-0.39, 0.29) is 0 Å². The first-order valence-electron chi connectivity index (χ1n) is 4.45. The second-order valence-electron chi connectivity index (χ2n) is 3.37. The molecule has 2 aliphatic rings. The summed E-state index contributed by atoms with van der Waals surface area (Å²) in [6.45, 7) is 0. The molecule has 2 heteroatoms. The maximum atomic E-state index is 3.65. The van der Waals surface area contributed by atoms with Crippen molar-refractivity contribution in [3.8, 4) is 0 Å². The van der Waals surface area contributed by atoms with E-state index in [9.17, 15) is 0 Å². The van der Waals surface area contributed by atoms with E-state index in [0.717, 1.165) is 6.04 Å². The van der Waals surface area contributed by atoms with Crippen molar-refractivity contribution in [3.63, 3.8) is 0 Å². The largest absolute Gasteiger partial charge is 0.306 e. The van der Waals surface area contributed by atoms with Gasteiger partial charge in [0.25, 0.3) is 0 Å². The summed E-state index contributed by atoms with van der Waals surface area (Å²) in [6.07, 6.45) is 8.66. The number of hydrogen-bond acceptors (Lipinski definition) is 2. The van der Waals surface area contributed by atoms with E-state index >= 15 is 0 Å². The summed E-state index contributed by atoms with van der Waals surface area (Å²) >= 11 is 2.05. The Bertz CT molecular complexity index is 152. The Hall–Kier alpha value is 0.0500. The molecule has 2 rings (SSSR count). The summed E-state index contributed by atoms with van der Waals surface area (Å²) in [5.74, 6) is 2.65. The highest BCUT2D eigenvalue weighted by molar-refractivity contribution is 8.00. The van der Waals surface area contributed by atoms with Crippen LogP contribution in [0.4, 0.5) is 0 Å². The van der Waals surface area contributed by atoms with Crippen LogP contribution in [-0.4, -0.2) is 23.6 Å². The maximum Gasteiger partial charge on any atom is 0.0254 e. The molecule has 0 aromatic carbocycles. The fourth-order valence-corrected chi connectivity index (χ4v) is 2.25. The average Bonchev–Trinajstić information content (AvgIpc) is 1.99. The molecule has 62 valence electrons. The second kappa shape index (κ2) is 3.63. The lowest BCUT2D eigenvalue weighted by atomic mass is 10.0. The van der Waals surface area contributed by atoms with Gasteiger partial charge in [0.2, 0.25) is 0 Å². The molecule has 1 unspecified atom stereocenters. The normalized spacial score (nSPS) is 31.8. The zero-order valence-electron chi connectivity index (χ0n) is 6.75. The number of nitrogens with one attached hydrogen (secondary N) is 1. The Morgan fingerprint density at radius 1 is 1.36 bits per heavy atom. The van der Waals surface area contributed by atoms with Crippen LogP contribution in [0, 0.1) is 0 Å². The van der Waals surface area contributed by atoms with Gasteiger partial charge in [-0.05, 0) is 19.3 Å². The SMILES string of the molecule is C1=CC(NC2CSC2)CCC1. The summed E-state index contributed by atoms with van der Waals surface area (Å²) in [5.41, 5.74) is 0. The molecule has 0 aromatic rings. The predicted octanol–water partition coefficient (Wildman–Crippen LogP) is 1.80. The number of thioether (sulfide) groups is 1. The smallest absolute Gasteiger partial charge is 0.0254 e. The van der Waals surface area contributed by atoms with E-state index in [2.05, 4.69) is 17.5 Å². The Morgan fingerprint density at radius 2 is 2.27 bits per heavy atom. The third-order valence-corrected chi connectivity index (χ3v) is 3.62. The minimum atomic E-state index is 0.689. The Balaban J connectivity index is 1.75. The Labute approximate surface area is 72.6 Å². The van der Waals surface area contributed by atoms with Gasteiger partial charge in [-0.1, -0.05) is 12.2 Å². The highest BCUT2D eigenvalue weighted by atomic mass is 32.2. The molecule has 1 N–H and O–H groups in total. The molecule has 1 aliphatic heterocycles. The van der Waals surface area contributed by atoms with Gasteiger partial charge in [-0.3, -0.25) is 0 Å². The van der Waals surface area contributed by atoms with Crippen LogP contribution in [0.3, 0.4) is 0 Å². The highest BCUT2D eigenvalue weighted by Crippen LogP contribution is 2.20. The molecule has 0 spiro atoms. The van der Waals surface area contributed by atoms with Crippen LogP contribution in [0.5, 0.6) is 0 Å². The summed E-state index contributed by atoms with van der Waals surface area (Å²) in [4.78, 5) is 0. The van der Waals surface area contributed by atoms with Crippen molar-refractivity contribution in [2.75, 3.05) is 11.5 Å². The first kappa shape index (κ1) is 7.69. The summed E-state index contributed by atoms with van der Waals surface area (Å²) in [7, 11) is 0. The summed E-state index contributed by atoms with van der Waals surface area (Å²) in [5, 5.41) is 3.65. The Morgan fingerprint density at radius 3 is 2.82 bits per heavy atom. The van der Waals surface area contributed by atoms with E-state index in [1.165, 1.54) is 30.8 Å². The van der Waals surface area contributed by atoms with Gasteiger partial charge >= 0.3 is 0 Å². The van der Waals surface area contributed by atoms with Gasteiger partial charge in [0.05, 0.1) is 0 Å². The van der Waals surface area contributed by atoms with E-state index in [1.807, 2.05) is 11.8 Å². The molecule has 11 heavy (non-hydrogen) atoms. The fourth-order valence-electron chi connectivity index (χ4n) is 1.59. The molecular weight excluding hydrogens is 154 g/mol. The minimum Gasteiger partial charge on any atom is -0.306 e. The van der Waals surface area contributed by atoms with Crippen molar-refractivity contribution in [1.82, 2.24) is 5.32 Å². The van der Waals surface area contributed by atoms with Crippen molar-refractivity contribution in [2.24, 2.45) is 0 Å². The lowest BCUT2D eigenvalue weighted by Crippen LogP contribution is -2.45. The van der Waals surface area contributed by atoms with Gasteiger partial charge in [0.1, 0.15) is 0 Å². The van der Waals surface area contributed by atoms with Gasteiger partial charge in [-0.15, -0.1) is 0 Å². The zero-order chi connectivity index (χ0) is 7.52. The number of hydrogen-bond donors (Lipinski definition) is 1. The van der Waals surface area contributed by atoms with Crippen molar-refractivity contribution < 1.29 is 0 Å². The standard InChI is InChI=1S/C9H15NS/c1-2-4-8(5-3-1)10-9-6-11-7-9/h2,4,8-10H,1,3,5-7H2. The molecule has 0 aromatic heterocycles. The molecule has 0 bridgehead atoms. The van der Waals surface area contributed by atoms with Crippen LogP contribution in [0.15, 0.2) is 12.2 Å². The first-order valence-corrected chi connectivity index (χ1v) is 5.61. The fraction of sp³-hybridized carbons (Fsp3) is 0.778. The van der Waals surface area contributed by atoms with Gasteiger partial charge in [0, 0.05) is 23.6 Å². The monoisotopic (exact) mass is 169 g/mol. The van der Waals surface area contributed by atoms with Crippen LogP contribution >= 0.6 is 11.8 Å². The number of rotatable bonds is 2. The molecular formula is C9H15NS. The quantitative estimate of drug-likeness (QED) is 0.633. The van der Waals surface area contributed by atoms with E-state index < -0.39 is 0 Å². The number of allylic oxidation sites excluding steroid dienone is 1.